The molecule has 1 aromatic rings. The highest BCUT2D eigenvalue weighted by molar-refractivity contribution is 5.36. The maximum atomic E-state index is 5.80. The summed E-state index contributed by atoms with van der Waals surface area (Å²) in [4.78, 5) is 0. The standard InChI is InChI=1S/C12H19NO/c1-9-5-6-10(2)12(7-9)14-11(3)8-13-4/h5-7,11,13H,8H2,1-4H3. The first kappa shape index (κ1) is 11.1. The molecule has 78 valence electrons. The molecule has 0 saturated heterocycles. The SMILES string of the molecule is CNCC(C)Oc1cc(C)ccc1C. The van der Waals surface area contributed by atoms with Crippen LogP contribution in [0.2, 0.25) is 0 Å². The number of hydrogen-bond acceptors (Lipinski definition) is 2. The summed E-state index contributed by atoms with van der Waals surface area (Å²) in [5.74, 6) is 0.993. The minimum atomic E-state index is 0.209. The number of rotatable bonds is 4. The Morgan fingerprint density at radius 3 is 2.71 bits per heavy atom. The molecule has 0 aliphatic carbocycles. The molecule has 1 N–H and O–H groups in total. The zero-order valence-corrected chi connectivity index (χ0v) is 9.42. The van der Waals surface area contributed by atoms with Gasteiger partial charge in [0.05, 0.1) is 0 Å². The van der Waals surface area contributed by atoms with Crippen LogP contribution in [0.5, 0.6) is 5.75 Å². The quantitative estimate of drug-likeness (QED) is 0.792. The van der Waals surface area contributed by atoms with Gasteiger partial charge >= 0.3 is 0 Å². The highest BCUT2D eigenvalue weighted by Crippen LogP contribution is 2.20. The van der Waals surface area contributed by atoms with Crippen molar-refractivity contribution >= 4 is 0 Å². The van der Waals surface area contributed by atoms with Gasteiger partial charge in [-0.05, 0) is 45.0 Å². The van der Waals surface area contributed by atoms with Gasteiger partial charge in [-0.1, -0.05) is 12.1 Å². The molecule has 2 nitrogen and oxygen atoms in total. The minimum Gasteiger partial charge on any atom is -0.489 e. The lowest BCUT2D eigenvalue weighted by molar-refractivity contribution is 0.219. The van der Waals surface area contributed by atoms with Crippen molar-refractivity contribution < 1.29 is 4.74 Å². The molecule has 0 fully saturated rings. The number of benzene rings is 1. The predicted octanol–water partition coefficient (Wildman–Crippen LogP) is 2.29. The molecule has 14 heavy (non-hydrogen) atoms. The third-order valence-corrected chi connectivity index (χ3v) is 2.16. The van der Waals surface area contributed by atoms with Crippen LogP contribution in [0.25, 0.3) is 0 Å². The second-order valence-corrected chi connectivity index (χ2v) is 3.76. The second-order valence-electron chi connectivity index (χ2n) is 3.76. The number of likely N-dealkylation sites (N-methyl/N-ethyl adjacent to an activating group) is 1. The molecule has 0 heterocycles. The fourth-order valence-corrected chi connectivity index (χ4v) is 1.38. The van der Waals surface area contributed by atoms with Crippen LogP contribution >= 0.6 is 0 Å². The van der Waals surface area contributed by atoms with Crippen molar-refractivity contribution in [2.45, 2.75) is 26.9 Å². The van der Waals surface area contributed by atoms with Gasteiger partial charge in [0, 0.05) is 6.54 Å². The maximum absolute atomic E-state index is 5.80. The summed E-state index contributed by atoms with van der Waals surface area (Å²) >= 11 is 0. The van der Waals surface area contributed by atoms with Gasteiger partial charge in [-0.25, -0.2) is 0 Å². The fourth-order valence-electron chi connectivity index (χ4n) is 1.38. The number of nitrogens with one attached hydrogen (secondary N) is 1. The van der Waals surface area contributed by atoms with Crippen LogP contribution in [0, 0.1) is 13.8 Å². The Hall–Kier alpha value is -1.02. The topological polar surface area (TPSA) is 21.3 Å². The molecule has 0 saturated carbocycles. The molecule has 1 aromatic carbocycles. The molecule has 0 aromatic heterocycles. The lowest BCUT2D eigenvalue weighted by atomic mass is 10.1. The summed E-state index contributed by atoms with van der Waals surface area (Å²) in [5.41, 5.74) is 2.43. The Balaban J connectivity index is 2.70. The normalized spacial score (nSPS) is 12.6. The average Bonchev–Trinajstić information content (AvgIpc) is 2.12. The molecule has 0 amide bonds. The molecule has 0 aliphatic heterocycles. The Bertz CT molecular complexity index is 296. The molecule has 1 atom stereocenters. The fraction of sp³-hybridized carbons (Fsp3) is 0.500. The van der Waals surface area contributed by atoms with Crippen LogP contribution in [0.1, 0.15) is 18.1 Å². The van der Waals surface area contributed by atoms with E-state index in [0.29, 0.717) is 0 Å². The summed E-state index contributed by atoms with van der Waals surface area (Å²) in [6.07, 6.45) is 0.209. The zero-order valence-electron chi connectivity index (χ0n) is 9.42. The van der Waals surface area contributed by atoms with E-state index in [2.05, 4.69) is 44.3 Å². The molecule has 0 radical (unpaired) electrons. The van der Waals surface area contributed by atoms with Crippen molar-refractivity contribution in [2.75, 3.05) is 13.6 Å². The van der Waals surface area contributed by atoms with Crippen molar-refractivity contribution in [3.8, 4) is 5.75 Å². The summed E-state index contributed by atoms with van der Waals surface area (Å²) in [7, 11) is 1.93. The monoisotopic (exact) mass is 193 g/mol. The smallest absolute Gasteiger partial charge is 0.122 e. The Labute approximate surface area is 86.3 Å². The van der Waals surface area contributed by atoms with Crippen LogP contribution in [-0.2, 0) is 0 Å². The second kappa shape index (κ2) is 5.01. The van der Waals surface area contributed by atoms with Gasteiger partial charge in [0.1, 0.15) is 11.9 Å². The molecule has 0 aliphatic rings. The molecular formula is C12H19NO. The average molecular weight is 193 g/mol. The minimum absolute atomic E-state index is 0.209. The van der Waals surface area contributed by atoms with Gasteiger partial charge in [0.15, 0.2) is 0 Å². The summed E-state index contributed by atoms with van der Waals surface area (Å²) in [6, 6.07) is 6.28. The highest BCUT2D eigenvalue weighted by Gasteiger charge is 2.04. The Kier molecular flexibility index (Phi) is 3.96. The Morgan fingerprint density at radius 1 is 1.36 bits per heavy atom. The molecule has 0 spiro atoms. The largest absolute Gasteiger partial charge is 0.489 e. The molecular weight excluding hydrogens is 174 g/mol. The van der Waals surface area contributed by atoms with E-state index in [-0.39, 0.29) is 6.10 Å². The summed E-state index contributed by atoms with van der Waals surface area (Å²) in [6.45, 7) is 7.08. The van der Waals surface area contributed by atoms with Crippen molar-refractivity contribution in [1.29, 1.82) is 0 Å². The molecule has 1 rings (SSSR count). The first-order valence-electron chi connectivity index (χ1n) is 5.02. The van der Waals surface area contributed by atoms with Gasteiger partial charge in [0.25, 0.3) is 0 Å². The maximum Gasteiger partial charge on any atom is 0.122 e. The highest BCUT2D eigenvalue weighted by atomic mass is 16.5. The molecule has 1 unspecified atom stereocenters. The lowest BCUT2D eigenvalue weighted by Gasteiger charge is -2.16. The van der Waals surface area contributed by atoms with Crippen LogP contribution < -0.4 is 10.1 Å². The van der Waals surface area contributed by atoms with E-state index in [0.717, 1.165) is 12.3 Å². The van der Waals surface area contributed by atoms with Gasteiger partial charge in [0.2, 0.25) is 0 Å². The predicted molar refractivity (Wildman–Crippen MR) is 59.9 cm³/mol. The van der Waals surface area contributed by atoms with Gasteiger partial charge < -0.3 is 10.1 Å². The first-order chi connectivity index (χ1) is 6.63. The molecule has 2 heteroatoms. The summed E-state index contributed by atoms with van der Waals surface area (Å²) < 4.78 is 5.80. The lowest BCUT2D eigenvalue weighted by Crippen LogP contribution is -2.26. The van der Waals surface area contributed by atoms with E-state index in [1.807, 2.05) is 7.05 Å². The zero-order chi connectivity index (χ0) is 10.6. The van der Waals surface area contributed by atoms with E-state index in [1.54, 1.807) is 0 Å². The van der Waals surface area contributed by atoms with Crippen molar-refractivity contribution in [3.63, 3.8) is 0 Å². The van der Waals surface area contributed by atoms with Crippen LogP contribution in [0.4, 0.5) is 0 Å². The van der Waals surface area contributed by atoms with E-state index in [9.17, 15) is 0 Å². The molecule has 0 bridgehead atoms. The van der Waals surface area contributed by atoms with Crippen LogP contribution in [-0.4, -0.2) is 19.7 Å². The number of aryl methyl sites for hydroxylation is 2. The summed E-state index contributed by atoms with van der Waals surface area (Å²) in [5, 5.41) is 3.10. The van der Waals surface area contributed by atoms with Crippen LogP contribution in [0.15, 0.2) is 18.2 Å². The van der Waals surface area contributed by atoms with E-state index < -0.39 is 0 Å². The van der Waals surface area contributed by atoms with Gasteiger partial charge in [-0.15, -0.1) is 0 Å². The van der Waals surface area contributed by atoms with E-state index in [4.69, 9.17) is 4.74 Å². The van der Waals surface area contributed by atoms with Crippen molar-refractivity contribution in [1.82, 2.24) is 5.32 Å². The van der Waals surface area contributed by atoms with E-state index >= 15 is 0 Å². The van der Waals surface area contributed by atoms with Gasteiger partial charge in [-0.2, -0.15) is 0 Å². The first-order valence-corrected chi connectivity index (χ1v) is 5.02. The third kappa shape index (κ3) is 3.04. The number of hydrogen-bond donors (Lipinski definition) is 1. The number of ether oxygens (including phenoxy) is 1. The van der Waals surface area contributed by atoms with E-state index in [1.165, 1.54) is 11.1 Å². The Morgan fingerprint density at radius 2 is 2.07 bits per heavy atom. The van der Waals surface area contributed by atoms with Crippen molar-refractivity contribution in [2.24, 2.45) is 0 Å². The van der Waals surface area contributed by atoms with Crippen molar-refractivity contribution in [3.05, 3.63) is 29.3 Å². The third-order valence-electron chi connectivity index (χ3n) is 2.16. The van der Waals surface area contributed by atoms with Gasteiger partial charge in [-0.3, -0.25) is 0 Å². The van der Waals surface area contributed by atoms with Crippen LogP contribution in [0.3, 0.4) is 0 Å².